The predicted molar refractivity (Wildman–Crippen MR) is 103 cm³/mol. The number of alkyl halides is 2. The van der Waals surface area contributed by atoms with Gasteiger partial charge in [-0.3, -0.25) is 0 Å². The number of piperazine rings is 1. The molecule has 1 fully saturated rings. The van der Waals surface area contributed by atoms with Crippen LogP contribution in [0.3, 0.4) is 0 Å². The fraction of sp³-hybridized carbons (Fsp3) is 0.316. The molecule has 6 nitrogen and oxygen atoms in total. The van der Waals surface area contributed by atoms with Crippen LogP contribution in [0.2, 0.25) is 0 Å². The zero-order valence-electron chi connectivity index (χ0n) is 15.3. The lowest BCUT2D eigenvalue weighted by atomic mass is 10.1. The van der Waals surface area contributed by atoms with Gasteiger partial charge in [0.05, 0.1) is 16.1 Å². The molecule has 0 radical (unpaired) electrons. The lowest BCUT2D eigenvalue weighted by Crippen LogP contribution is -2.43. The van der Waals surface area contributed by atoms with Gasteiger partial charge in [-0.1, -0.05) is 24.3 Å². The second-order valence-corrected chi connectivity index (χ2v) is 8.60. The number of nitrogens with one attached hydrogen (secondary N) is 1. The number of imidazole rings is 1. The second kappa shape index (κ2) is 6.82. The van der Waals surface area contributed by atoms with Crippen LogP contribution in [0.25, 0.3) is 11.0 Å². The van der Waals surface area contributed by atoms with Gasteiger partial charge in [-0.15, -0.1) is 0 Å². The summed E-state index contributed by atoms with van der Waals surface area (Å²) in [6.07, 6.45) is 1.19. The molecule has 1 aliphatic rings. The van der Waals surface area contributed by atoms with Crippen molar-refractivity contribution >= 4 is 26.7 Å². The number of hydrogen-bond donors (Lipinski definition) is 1. The number of aromatic nitrogens is 2. The monoisotopic (exact) mass is 406 g/mol. The standard InChI is InChI=1S/C19H20F2N4O2S/c1-19(20,21)14-5-2-3-8-17(14)28(26,27)25-13-23-18-15(6-4-7-16(18)25)24-11-9-22-10-12-24/h2-8,13,22H,9-12H2,1H3. The molecule has 1 saturated heterocycles. The first-order valence-electron chi connectivity index (χ1n) is 8.95. The Hall–Kier alpha value is -2.52. The van der Waals surface area contributed by atoms with Crippen molar-refractivity contribution in [1.29, 1.82) is 0 Å². The number of anilines is 1. The molecule has 1 aliphatic heterocycles. The van der Waals surface area contributed by atoms with E-state index in [0.717, 1.165) is 41.9 Å². The van der Waals surface area contributed by atoms with Crippen molar-refractivity contribution in [3.05, 3.63) is 54.4 Å². The van der Waals surface area contributed by atoms with E-state index >= 15 is 0 Å². The van der Waals surface area contributed by atoms with Gasteiger partial charge in [0.15, 0.2) is 0 Å². The maximum atomic E-state index is 14.0. The summed E-state index contributed by atoms with van der Waals surface area (Å²) < 4.78 is 55.5. The molecule has 2 heterocycles. The van der Waals surface area contributed by atoms with Crippen LogP contribution >= 0.6 is 0 Å². The number of benzene rings is 2. The third-order valence-corrected chi connectivity index (χ3v) is 6.60. The molecule has 0 unspecified atom stereocenters. The van der Waals surface area contributed by atoms with Gasteiger partial charge in [-0.2, -0.15) is 0 Å². The molecule has 148 valence electrons. The summed E-state index contributed by atoms with van der Waals surface area (Å²) >= 11 is 0. The van der Waals surface area contributed by atoms with Crippen LogP contribution in [-0.4, -0.2) is 43.6 Å². The van der Waals surface area contributed by atoms with Gasteiger partial charge in [0.1, 0.15) is 11.8 Å². The topological polar surface area (TPSA) is 67.2 Å². The van der Waals surface area contributed by atoms with Gasteiger partial charge in [-0.25, -0.2) is 26.2 Å². The molecule has 4 rings (SSSR count). The Kier molecular flexibility index (Phi) is 4.59. The molecule has 0 saturated carbocycles. The van der Waals surface area contributed by atoms with E-state index < -0.39 is 26.4 Å². The van der Waals surface area contributed by atoms with Crippen LogP contribution in [0.5, 0.6) is 0 Å². The highest BCUT2D eigenvalue weighted by molar-refractivity contribution is 7.90. The maximum Gasteiger partial charge on any atom is 0.271 e. The molecule has 0 atom stereocenters. The third-order valence-electron chi connectivity index (χ3n) is 4.88. The Bertz CT molecular complexity index is 1120. The normalized spacial score (nSPS) is 15.9. The molecule has 0 spiro atoms. The molecule has 0 aliphatic carbocycles. The van der Waals surface area contributed by atoms with Crippen molar-refractivity contribution in [3.8, 4) is 0 Å². The Balaban J connectivity index is 1.87. The van der Waals surface area contributed by atoms with E-state index in [1.54, 1.807) is 12.1 Å². The Morgan fingerprint density at radius 1 is 1.07 bits per heavy atom. The van der Waals surface area contributed by atoms with E-state index in [2.05, 4.69) is 15.2 Å². The fourth-order valence-corrected chi connectivity index (χ4v) is 5.08. The number of hydrogen-bond acceptors (Lipinski definition) is 5. The van der Waals surface area contributed by atoms with Crippen molar-refractivity contribution < 1.29 is 17.2 Å². The van der Waals surface area contributed by atoms with Crippen LogP contribution in [0.15, 0.2) is 53.7 Å². The first kappa shape index (κ1) is 18.8. The quantitative estimate of drug-likeness (QED) is 0.722. The third kappa shape index (κ3) is 3.14. The van der Waals surface area contributed by atoms with Gasteiger partial charge >= 0.3 is 0 Å². The smallest absolute Gasteiger partial charge is 0.271 e. The minimum Gasteiger partial charge on any atom is -0.367 e. The summed E-state index contributed by atoms with van der Waals surface area (Å²) in [4.78, 5) is 6.03. The fourth-order valence-electron chi connectivity index (χ4n) is 3.51. The van der Waals surface area contributed by atoms with E-state index in [1.807, 2.05) is 6.07 Å². The summed E-state index contributed by atoms with van der Waals surface area (Å²) in [7, 11) is -4.24. The molecule has 9 heteroatoms. The average Bonchev–Trinajstić information content (AvgIpc) is 3.13. The highest BCUT2D eigenvalue weighted by atomic mass is 32.2. The predicted octanol–water partition coefficient (Wildman–Crippen LogP) is 2.79. The molecular weight excluding hydrogens is 386 g/mol. The number of rotatable bonds is 4. The number of para-hydroxylation sites is 1. The minimum atomic E-state index is -4.24. The molecule has 0 amide bonds. The molecule has 0 bridgehead atoms. The van der Waals surface area contributed by atoms with E-state index in [0.29, 0.717) is 18.0 Å². The first-order chi connectivity index (χ1) is 13.3. The van der Waals surface area contributed by atoms with Gasteiger partial charge in [0, 0.05) is 38.7 Å². The number of nitrogens with zero attached hydrogens (tertiary/aromatic N) is 3. The van der Waals surface area contributed by atoms with E-state index in [9.17, 15) is 17.2 Å². The molecular formula is C19H20F2N4O2S. The maximum absolute atomic E-state index is 14.0. The van der Waals surface area contributed by atoms with Crippen molar-refractivity contribution in [2.45, 2.75) is 17.7 Å². The Morgan fingerprint density at radius 2 is 1.79 bits per heavy atom. The zero-order valence-corrected chi connectivity index (χ0v) is 16.1. The van der Waals surface area contributed by atoms with E-state index in [-0.39, 0.29) is 0 Å². The van der Waals surface area contributed by atoms with Crippen LogP contribution < -0.4 is 10.2 Å². The van der Waals surface area contributed by atoms with Crippen LogP contribution in [-0.2, 0) is 15.9 Å². The molecule has 1 aromatic heterocycles. The molecule has 3 aromatic rings. The van der Waals surface area contributed by atoms with Crippen LogP contribution in [0, 0.1) is 0 Å². The van der Waals surface area contributed by atoms with Crippen molar-refractivity contribution in [1.82, 2.24) is 14.3 Å². The summed E-state index contributed by atoms with van der Waals surface area (Å²) in [6.45, 7) is 3.91. The van der Waals surface area contributed by atoms with E-state index in [1.165, 1.54) is 24.5 Å². The second-order valence-electron chi connectivity index (χ2n) is 6.81. The lowest BCUT2D eigenvalue weighted by molar-refractivity contribution is 0.0144. The van der Waals surface area contributed by atoms with E-state index in [4.69, 9.17) is 0 Å². The molecule has 2 aromatic carbocycles. The van der Waals surface area contributed by atoms with Crippen LogP contribution in [0.4, 0.5) is 14.5 Å². The van der Waals surface area contributed by atoms with Gasteiger partial charge in [0.2, 0.25) is 0 Å². The lowest BCUT2D eigenvalue weighted by Gasteiger charge is -2.29. The number of halogens is 2. The molecule has 1 N–H and O–H groups in total. The summed E-state index contributed by atoms with van der Waals surface area (Å²) in [5, 5.41) is 3.27. The summed E-state index contributed by atoms with van der Waals surface area (Å²) in [5.74, 6) is -3.29. The Labute approximate surface area is 161 Å². The Morgan fingerprint density at radius 3 is 2.50 bits per heavy atom. The first-order valence-corrected chi connectivity index (χ1v) is 10.4. The van der Waals surface area contributed by atoms with Gasteiger partial charge < -0.3 is 10.2 Å². The van der Waals surface area contributed by atoms with Gasteiger partial charge in [-0.05, 0) is 18.2 Å². The van der Waals surface area contributed by atoms with Crippen molar-refractivity contribution in [2.75, 3.05) is 31.1 Å². The SMILES string of the molecule is CC(F)(F)c1ccccc1S(=O)(=O)n1cnc2c(N3CCNCC3)cccc21. The zero-order chi connectivity index (χ0) is 19.9. The summed E-state index contributed by atoms with van der Waals surface area (Å²) in [5.41, 5.74) is 1.20. The average molecular weight is 406 g/mol. The summed E-state index contributed by atoms with van der Waals surface area (Å²) in [6, 6.07) is 10.5. The van der Waals surface area contributed by atoms with Gasteiger partial charge in [0.25, 0.3) is 15.9 Å². The highest BCUT2D eigenvalue weighted by Gasteiger charge is 2.33. The number of fused-ring (bicyclic) bond motifs is 1. The largest absolute Gasteiger partial charge is 0.367 e. The van der Waals surface area contributed by atoms with Crippen LogP contribution in [0.1, 0.15) is 12.5 Å². The van der Waals surface area contributed by atoms with Crippen molar-refractivity contribution in [3.63, 3.8) is 0 Å². The van der Waals surface area contributed by atoms with Crippen molar-refractivity contribution in [2.24, 2.45) is 0 Å². The highest BCUT2D eigenvalue weighted by Crippen LogP contribution is 2.34. The minimum absolute atomic E-state index is 0.366. The molecule has 28 heavy (non-hydrogen) atoms.